The lowest BCUT2D eigenvalue weighted by molar-refractivity contribution is -0.137. The van der Waals surface area contributed by atoms with Crippen LogP contribution in [-0.4, -0.2) is 5.91 Å². The standard InChI is InChI=1S/C20H17F3N2O/c1-13(2)15-8-6-14(7-9-15)10-16(12-24)19(26)25-18-5-3-4-17(11-18)20(21,22)23/h3-11,13H,1-2H3,(H,25,26)/b16-10+. The van der Waals surface area contributed by atoms with Crippen LogP contribution in [0.25, 0.3) is 6.08 Å². The molecule has 1 amide bonds. The molecule has 2 aromatic rings. The van der Waals surface area contributed by atoms with Crippen LogP contribution >= 0.6 is 0 Å². The Hall–Kier alpha value is -3.07. The highest BCUT2D eigenvalue weighted by Crippen LogP contribution is 2.30. The number of amides is 1. The summed E-state index contributed by atoms with van der Waals surface area (Å²) in [5.41, 5.74) is 0.683. The lowest BCUT2D eigenvalue weighted by Crippen LogP contribution is -2.14. The summed E-state index contributed by atoms with van der Waals surface area (Å²) >= 11 is 0. The molecule has 0 aromatic heterocycles. The predicted molar refractivity (Wildman–Crippen MR) is 94.2 cm³/mol. The lowest BCUT2D eigenvalue weighted by Gasteiger charge is -2.09. The molecule has 3 nitrogen and oxygen atoms in total. The Morgan fingerprint density at radius 3 is 2.35 bits per heavy atom. The van der Waals surface area contributed by atoms with Gasteiger partial charge in [0.2, 0.25) is 0 Å². The molecule has 26 heavy (non-hydrogen) atoms. The summed E-state index contributed by atoms with van der Waals surface area (Å²) in [4.78, 5) is 12.2. The number of nitriles is 1. The molecule has 0 saturated heterocycles. The van der Waals surface area contributed by atoms with Crippen LogP contribution in [0.15, 0.2) is 54.1 Å². The molecule has 0 bridgehead atoms. The summed E-state index contributed by atoms with van der Waals surface area (Å²) in [7, 11) is 0. The van der Waals surface area contributed by atoms with Gasteiger partial charge in [0, 0.05) is 5.69 Å². The van der Waals surface area contributed by atoms with Gasteiger partial charge in [-0.25, -0.2) is 0 Å². The number of halogens is 3. The highest BCUT2D eigenvalue weighted by atomic mass is 19.4. The van der Waals surface area contributed by atoms with Crippen molar-refractivity contribution in [3.63, 3.8) is 0 Å². The molecule has 6 heteroatoms. The van der Waals surface area contributed by atoms with Crippen molar-refractivity contribution in [2.45, 2.75) is 25.9 Å². The van der Waals surface area contributed by atoms with Crippen LogP contribution in [-0.2, 0) is 11.0 Å². The molecule has 0 fully saturated rings. The van der Waals surface area contributed by atoms with Crippen molar-refractivity contribution < 1.29 is 18.0 Å². The third-order valence-corrected chi connectivity index (χ3v) is 3.73. The van der Waals surface area contributed by atoms with Crippen LogP contribution < -0.4 is 5.32 Å². The van der Waals surface area contributed by atoms with Crippen LogP contribution in [0.3, 0.4) is 0 Å². The Balaban J connectivity index is 2.20. The van der Waals surface area contributed by atoms with Gasteiger partial charge in [-0.3, -0.25) is 4.79 Å². The van der Waals surface area contributed by atoms with Crippen LogP contribution in [0.4, 0.5) is 18.9 Å². The van der Waals surface area contributed by atoms with Crippen LogP contribution in [0.1, 0.15) is 36.5 Å². The van der Waals surface area contributed by atoms with E-state index in [2.05, 4.69) is 5.32 Å². The zero-order chi connectivity index (χ0) is 19.3. The maximum absolute atomic E-state index is 12.7. The smallest absolute Gasteiger partial charge is 0.321 e. The monoisotopic (exact) mass is 358 g/mol. The normalized spacial score (nSPS) is 12.0. The predicted octanol–water partition coefficient (Wildman–Crippen LogP) is 5.37. The highest BCUT2D eigenvalue weighted by molar-refractivity contribution is 6.09. The van der Waals surface area contributed by atoms with E-state index in [1.807, 2.05) is 26.0 Å². The third kappa shape index (κ3) is 4.96. The van der Waals surface area contributed by atoms with Gasteiger partial charge in [-0.2, -0.15) is 18.4 Å². The number of hydrogen-bond donors (Lipinski definition) is 1. The van der Waals surface area contributed by atoms with E-state index >= 15 is 0 Å². The number of hydrogen-bond acceptors (Lipinski definition) is 2. The second-order valence-corrected chi connectivity index (χ2v) is 6.02. The van der Waals surface area contributed by atoms with Crippen molar-refractivity contribution in [1.29, 1.82) is 5.26 Å². The highest BCUT2D eigenvalue weighted by Gasteiger charge is 2.30. The van der Waals surface area contributed by atoms with E-state index in [0.717, 1.165) is 17.7 Å². The van der Waals surface area contributed by atoms with E-state index < -0.39 is 17.6 Å². The molecule has 0 saturated carbocycles. The van der Waals surface area contributed by atoms with Gasteiger partial charge in [-0.1, -0.05) is 44.2 Å². The van der Waals surface area contributed by atoms with Crippen LogP contribution in [0.2, 0.25) is 0 Å². The Labute approximate surface area is 149 Å². The fourth-order valence-corrected chi connectivity index (χ4v) is 2.26. The summed E-state index contributed by atoms with van der Waals surface area (Å²) < 4.78 is 38.2. The Kier molecular flexibility index (Phi) is 5.83. The average Bonchev–Trinajstić information content (AvgIpc) is 2.59. The second kappa shape index (κ2) is 7.87. The zero-order valence-electron chi connectivity index (χ0n) is 14.3. The maximum Gasteiger partial charge on any atom is 0.416 e. The molecule has 0 spiro atoms. The zero-order valence-corrected chi connectivity index (χ0v) is 14.3. The molecule has 0 unspecified atom stereocenters. The number of rotatable bonds is 4. The average molecular weight is 358 g/mol. The van der Waals surface area contributed by atoms with Gasteiger partial charge in [0.05, 0.1) is 5.56 Å². The van der Waals surface area contributed by atoms with Gasteiger partial charge in [-0.15, -0.1) is 0 Å². The number of anilines is 1. The molecular weight excluding hydrogens is 341 g/mol. The van der Waals surface area contributed by atoms with Gasteiger partial charge in [0.15, 0.2) is 0 Å². The molecule has 134 valence electrons. The van der Waals surface area contributed by atoms with Crippen molar-refractivity contribution in [3.05, 3.63) is 70.8 Å². The number of carbonyl (C=O) groups excluding carboxylic acids is 1. The fraction of sp³-hybridized carbons (Fsp3) is 0.200. The maximum atomic E-state index is 12.7. The topological polar surface area (TPSA) is 52.9 Å². The number of nitrogens with zero attached hydrogens (tertiary/aromatic N) is 1. The van der Waals surface area contributed by atoms with Crippen molar-refractivity contribution in [3.8, 4) is 6.07 Å². The number of benzene rings is 2. The van der Waals surface area contributed by atoms with E-state index in [9.17, 15) is 23.2 Å². The van der Waals surface area contributed by atoms with Gasteiger partial charge in [0.25, 0.3) is 5.91 Å². The molecule has 0 aliphatic heterocycles. The fourth-order valence-electron chi connectivity index (χ4n) is 2.26. The molecule has 2 rings (SSSR count). The number of alkyl halides is 3. The summed E-state index contributed by atoms with van der Waals surface area (Å²) in [5, 5.41) is 11.5. The van der Waals surface area contributed by atoms with E-state index in [-0.39, 0.29) is 11.3 Å². The van der Waals surface area contributed by atoms with E-state index in [1.54, 1.807) is 18.2 Å². The van der Waals surface area contributed by atoms with Gasteiger partial charge in [0.1, 0.15) is 11.6 Å². The Bertz CT molecular complexity index is 860. The Morgan fingerprint density at radius 2 is 1.81 bits per heavy atom. The summed E-state index contributed by atoms with van der Waals surface area (Å²) in [5.74, 6) is -0.410. The van der Waals surface area contributed by atoms with Gasteiger partial charge < -0.3 is 5.32 Å². The molecule has 0 aliphatic carbocycles. The van der Waals surface area contributed by atoms with Crippen LogP contribution in [0.5, 0.6) is 0 Å². The SMILES string of the molecule is CC(C)c1ccc(/C=C(\C#N)C(=O)Nc2cccc(C(F)(F)F)c2)cc1. The first-order valence-electron chi connectivity index (χ1n) is 7.91. The second-order valence-electron chi connectivity index (χ2n) is 6.02. The quantitative estimate of drug-likeness (QED) is 0.590. The molecule has 0 radical (unpaired) electrons. The first-order chi connectivity index (χ1) is 12.2. The minimum atomic E-state index is -4.51. The molecule has 1 N–H and O–H groups in total. The molecular formula is C20H17F3N2O. The summed E-state index contributed by atoms with van der Waals surface area (Å²) in [6.45, 7) is 4.10. The molecule has 2 aromatic carbocycles. The molecule has 0 heterocycles. The lowest BCUT2D eigenvalue weighted by atomic mass is 10.0. The third-order valence-electron chi connectivity index (χ3n) is 3.73. The first kappa shape index (κ1) is 19.3. The Morgan fingerprint density at radius 1 is 1.15 bits per heavy atom. The number of nitrogens with one attached hydrogen (secondary N) is 1. The molecule has 0 aliphatic rings. The molecule has 0 atom stereocenters. The summed E-state index contributed by atoms with van der Waals surface area (Å²) in [6.07, 6.45) is -3.11. The largest absolute Gasteiger partial charge is 0.416 e. The van der Waals surface area contributed by atoms with Crippen molar-refractivity contribution >= 4 is 17.7 Å². The summed E-state index contributed by atoms with van der Waals surface area (Å²) in [6, 6.07) is 13.4. The minimum Gasteiger partial charge on any atom is -0.321 e. The van der Waals surface area contributed by atoms with E-state index in [0.29, 0.717) is 11.5 Å². The first-order valence-corrected chi connectivity index (χ1v) is 7.91. The number of carbonyl (C=O) groups is 1. The van der Waals surface area contributed by atoms with E-state index in [1.165, 1.54) is 18.2 Å². The van der Waals surface area contributed by atoms with Gasteiger partial charge in [-0.05, 0) is 41.3 Å². The van der Waals surface area contributed by atoms with Crippen molar-refractivity contribution in [2.24, 2.45) is 0 Å². The van der Waals surface area contributed by atoms with Crippen molar-refractivity contribution in [2.75, 3.05) is 5.32 Å². The van der Waals surface area contributed by atoms with Crippen molar-refractivity contribution in [1.82, 2.24) is 0 Å². The minimum absolute atomic E-state index is 0.0267. The van der Waals surface area contributed by atoms with Crippen LogP contribution in [0, 0.1) is 11.3 Å². The van der Waals surface area contributed by atoms with Gasteiger partial charge >= 0.3 is 6.18 Å². The van der Waals surface area contributed by atoms with E-state index in [4.69, 9.17) is 0 Å².